The molecule has 6 heteroatoms. The second-order valence-electron chi connectivity index (χ2n) is 5.49. The number of hydrogen-bond donors (Lipinski definition) is 2. The SMILES string of the molecule is CC(C#N)(CCC(=O)O)CC(C)(C)C(=O)OCCO. The molecule has 1 atom stereocenters. The molecule has 0 bridgehead atoms. The van der Waals surface area contributed by atoms with E-state index >= 15 is 0 Å². The van der Waals surface area contributed by atoms with Gasteiger partial charge in [-0.2, -0.15) is 5.26 Å². The maximum atomic E-state index is 11.8. The lowest BCUT2D eigenvalue weighted by Crippen LogP contribution is -2.33. The van der Waals surface area contributed by atoms with E-state index in [1.807, 2.05) is 0 Å². The number of carbonyl (C=O) groups excluding carboxylic acids is 1. The predicted octanol–water partition coefficient (Wildman–Crippen LogP) is 1.33. The van der Waals surface area contributed by atoms with Crippen LogP contribution >= 0.6 is 0 Å². The summed E-state index contributed by atoms with van der Waals surface area (Å²) < 4.78 is 4.86. The van der Waals surface area contributed by atoms with E-state index in [0.29, 0.717) is 0 Å². The number of aliphatic hydroxyl groups excluding tert-OH is 1. The predicted molar refractivity (Wildman–Crippen MR) is 67.0 cm³/mol. The summed E-state index contributed by atoms with van der Waals surface area (Å²) in [4.78, 5) is 22.4. The molecule has 0 heterocycles. The maximum Gasteiger partial charge on any atom is 0.311 e. The van der Waals surface area contributed by atoms with Gasteiger partial charge in [-0.15, -0.1) is 0 Å². The maximum absolute atomic E-state index is 11.8. The average Bonchev–Trinajstić information content (AvgIpc) is 2.33. The molecule has 0 saturated carbocycles. The molecular weight excluding hydrogens is 250 g/mol. The minimum Gasteiger partial charge on any atom is -0.481 e. The molecular formula is C13H21NO5. The minimum absolute atomic E-state index is 0.0827. The van der Waals surface area contributed by atoms with Crippen LogP contribution in [0, 0.1) is 22.2 Å². The van der Waals surface area contributed by atoms with Crippen LogP contribution in [-0.4, -0.2) is 35.4 Å². The summed E-state index contributed by atoms with van der Waals surface area (Å²) in [6, 6.07) is 2.08. The Hall–Kier alpha value is -1.61. The Bertz CT molecular complexity index is 372. The minimum atomic E-state index is -0.970. The van der Waals surface area contributed by atoms with Crippen LogP contribution in [0.2, 0.25) is 0 Å². The molecule has 108 valence electrons. The normalized spacial score (nSPS) is 14.3. The fourth-order valence-corrected chi connectivity index (χ4v) is 1.95. The molecule has 19 heavy (non-hydrogen) atoms. The van der Waals surface area contributed by atoms with Crippen LogP contribution in [0.15, 0.2) is 0 Å². The molecule has 0 aliphatic heterocycles. The third kappa shape index (κ3) is 6.20. The highest BCUT2D eigenvalue weighted by Gasteiger charge is 2.38. The van der Waals surface area contributed by atoms with E-state index in [2.05, 4.69) is 6.07 Å². The fraction of sp³-hybridized carbons (Fsp3) is 0.769. The van der Waals surface area contributed by atoms with Gasteiger partial charge in [-0.25, -0.2) is 0 Å². The first kappa shape index (κ1) is 17.4. The van der Waals surface area contributed by atoms with Gasteiger partial charge >= 0.3 is 11.9 Å². The Morgan fingerprint density at radius 3 is 2.32 bits per heavy atom. The van der Waals surface area contributed by atoms with Gasteiger partial charge in [0.2, 0.25) is 0 Å². The Balaban J connectivity index is 4.70. The van der Waals surface area contributed by atoms with Gasteiger partial charge < -0.3 is 14.9 Å². The largest absolute Gasteiger partial charge is 0.481 e. The summed E-state index contributed by atoms with van der Waals surface area (Å²) in [5.41, 5.74) is -1.81. The van der Waals surface area contributed by atoms with E-state index in [4.69, 9.17) is 14.9 Å². The van der Waals surface area contributed by atoms with Gasteiger partial charge in [-0.1, -0.05) is 0 Å². The number of hydrogen-bond acceptors (Lipinski definition) is 5. The number of ether oxygens (including phenoxy) is 1. The molecule has 0 radical (unpaired) electrons. The standard InChI is InChI=1S/C13H21NO5/c1-12(2,11(18)19-7-6-15)8-13(3,9-14)5-4-10(16)17/h15H,4-8H2,1-3H3,(H,16,17). The lowest BCUT2D eigenvalue weighted by molar-refractivity contribution is -0.156. The van der Waals surface area contributed by atoms with Crippen LogP contribution in [0.3, 0.4) is 0 Å². The monoisotopic (exact) mass is 271 g/mol. The molecule has 0 spiro atoms. The quantitative estimate of drug-likeness (QED) is 0.645. The van der Waals surface area contributed by atoms with E-state index in [9.17, 15) is 14.9 Å². The van der Waals surface area contributed by atoms with Gasteiger partial charge in [0, 0.05) is 6.42 Å². The summed E-state index contributed by atoms with van der Waals surface area (Å²) in [7, 11) is 0. The van der Waals surface area contributed by atoms with Crippen molar-refractivity contribution in [3.63, 3.8) is 0 Å². The highest BCUT2D eigenvalue weighted by atomic mass is 16.5. The van der Waals surface area contributed by atoms with E-state index in [-0.39, 0.29) is 32.5 Å². The molecule has 0 aliphatic carbocycles. The molecule has 1 unspecified atom stereocenters. The molecule has 0 saturated heterocycles. The molecule has 0 aromatic rings. The smallest absolute Gasteiger partial charge is 0.311 e. The van der Waals surface area contributed by atoms with Crippen molar-refractivity contribution < 1.29 is 24.5 Å². The lowest BCUT2D eigenvalue weighted by atomic mass is 9.72. The Morgan fingerprint density at radius 1 is 1.32 bits per heavy atom. The van der Waals surface area contributed by atoms with Crippen LogP contribution in [0.25, 0.3) is 0 Å². The molecule has 6 nitrogen and oxygen atoms in total. The second-order valence-corrected chi connectivity index (χ2v) is 5.49. The molecule has 0 rings (SSSR count). The van der Waals surface area contributed by atoms with Crippen LogP contribution in [0.1, 0.15) is 40.0 Å². The number of aliphatic carboxylic acids is 1. The van der Waals surface area contributed by atoms with Crippen LogP contribution in [0.5, 0.6) is 0 Å². The van der Waals surface area contributed by atoms with Crippen molar-refractivity contribution in [1.29, 1.82) is 5.26 Å². The van der Waals surface area contributed by atoms with Gasteiger partial charge in [0.15, 0.2) is 0 Å². The molecule has 0 amide bonds. The lowest BCUT2D eigenvalue weighted by Gasteiger charge is -2.30. The highest BCUT2D eigenvalue weighted by molar-refractivity contribution is 5.76. The third-order valence-corrected chi connectivity index (χ3v) is 2.87. The fourth-order valence-electron chi connectivity index (χ4n) is 1.95. The van der Waals surface area contributed by atoms with Gasteiger partial charge in [0.1, 0.15) is 6.61 Å². The number of aliphatic hydroxyl groups is 1. The highest BCUT2D eigenvalue weighted by Crippen LogP contribution is 2.37. The van der Waals surface area contributed by atoms with Gasteiger partial charge in [0.25, 0.3) is 0 Å². The summed E-state index contributed by atoms with van der Waals surface area (Å²) in [6.07, 6.45) is 0.259. The zero-order valence-electron chi connectivity index (χ0n) is 11.6. The Morgan fingerprint density at radius 2 is 1.89 bits per heavy atom. The number of rotatable bonds is 8. The van der Waals surface area contributed by atoms with Gasteiger partial charge in [-0.05, 0) is 33.6 Å². The van der Waals surface area contributed by atoms with Crippen molar-refractivity contribution >= 4 is 11.9 Å². The van der Waals surface area contributed by atoms with Crippen molar-refractivity contribution in [2.75, 3.05) is 13.2 Å². The zero-order chi connectivity index (χ0) is 15.1. The third-order valence-electron chi connectivity index (χ3n) is 2.87. The summed E-state index contributed by atoms with van der Waals surface area (Å²) in [5.74, 6) is -1.47. The van der Waals surface area contributed by atoms with Crippen molar-refractivity contribution in [2.45, 2.75) is 40.0 Å². The molecule has 0 aromatic carbocycles. The average molecular weight is 271 g/mol. The topological polar surface area (TPSA) is 108 Å². The Kier molecular flexibility index (Phi) is 6.49. The van der Waals surface area contributed by atoms with Crippen LogP contribution in [0.4, 0.5) is 0 Å². The number of carboxylic acids is 1. The second kappa shape index (κ2) is 7.10. The van der Waals surface area contributed by atoms with E-state index < -0.39 is 22.8 Å². The molecule has 0 aromatic heterocycles. The molecule has 0 fully saturated rings. The first-order chi connectivity index (χ1) is 8.67. The first-order valence-corrected chi connectivity index (χ1v) is 6.08. The zero-order valence-corrected chi connectivity index (χ0v) is 11.6. The van der Waals surface area contributed by atoms with Crippen molar-refractivity contribution in [3.05, 3.63) is 0 Å². The van der Waals surface area contributed by atoms with E-state index in [0.717, 1.165) is 0 Å². The molecule has 2 N–H and O–H groups in total. The van der Waals surface area contributed by atoms with E-state index in [1.54, 1.807) is 20.8 Å². The summed E-state index contributed by atoms with van der Waals surface area (Å²) in [5, 5.41) is 26.5. The van der Waals surface area contributed by atoms with E-state index in [1.165, 1.54) is 0 Å². The number of esters is 1. The first-order valence-electron chi connectivity index (χ1n) is 6.08. The number of nitriles is 1. The molecule has 0 aliphatic rings. The number of carbonyl (C=O) groups is 2. The number of carboxylic acid groups (broad SMARTS) is 1. The summed E-state index contributed by atoms with van der Waals surface area (Å²) >= 11 is 0. The van der Waals surface area contributed by atoms with Crippen LogP contribution < -0.4 is 0 Å². The van der Waals surface area contributed by atoms with Crippen molar-refractivity contribution in [2.24, 2.45) is 10.8 Å². The van der Waals surface area contributed by atoms with Crippen molar-refractivity contribution in [1.82, 2.24) is 0 Å². The van der Waals surface area contributed by atoms with Crippen molar-refractivity contribution in [3.8, 4) is 6.07 Å². The Labute approximate surface area is 113 Å². The van der Waals surface area contributed by atoms with Gasteiger partial charge in [0.05, 0.1) is 23.5 Å². The number of nitrogens with zero attached hydrogens (tertiary/aromatic N) is 1. The summed E-state index contributed by atoms with van der Waals surface area (Å²) in [6.45, 7) is 4.58. The van der Waals surface area contributed by atoms with Gasteiger partial charge in [-0.3, -0.25) is 9.59 Å². The van der Waals surface area contributed by atoms with Crippen LogP contribution in [-0.2, 0) is 14.3 Å².